The van der Waals surface area contributed by atoms with Crippen LogP contribution < -0.4 is 15.6 Å². The molecule has 4 rings (SSSR count). The molecule has 0 radical (unpaired) electrons. The fourth-order valence-corrected chi connectivity index (χ4v) is 5.65. The smallest absolute Gasteiger partial charge is 0.321 e. The van der Waals surface area contributed by atoms with Crippen molar-refractivity contribution in [2.45, 2.75) is 12.8 Å². The molecule has 126 valence electrons. The summed E-state index contributed by atoms with van der Waals surface area (Å²) in [6, 6.07) is 2.59. The summed E-state index contributed by atoms with van der Waals surface area (Å²) in [5.41, 5.74) is 2.32. The van der Waals surface area contributed by atoms with Gasteiger partial charge in [-0.3, -0.25) is 19.1 Å². The highest BCUT2D eigenvalue weighted by Gasteiger charge is 2.42. The molecule has 0 saturated carbocycles. The average molecular weight is 368 g/mol. The fraction of sp³-hybridized carbons (Fsp3) is 0.143. The van der Waals surface area contributed by atoms with Gasteiger partial charge in [0.2, 0.25) is 0 Å². The molecule has 0 amide bonds. The van der Waals surface area contributed by atoms with Gasteiger partial charge in [0, 0.05) is 23.7 Å². The molecule has 2 aliphatic heterocycles. The number of fused-ring (bicyclic) bond motifs is 5. The zero-order valence-electron chi connectivity index (χ0n) is 12.3. The lowest BCUT2D eigenvalue weighted by Gasteiger charge is -2.47. The Morgan fingerprint density at radius 2 is 1.54 bits per heavy atom. The zero-order valence-corrected chi connectivity index (χ0v) is 14.1. The lowest BCUT2D eigenvalue weighted by Crippen LogP contribution is -2.44. The molecule has 0 aromatic heterocycles. The minimum absolute atomic E-state index is 0.238. The van der Waals surface area contributed by atoms with Gasteiger partial charge < -0.3 is 19.6 Å². The molecule has 0 atom stereocenters. The van der Waals surface area contributed by atoms with E-state index in [9.17, 15) is 28.7 Å². The van der Waals surface area contributed by atoms with Gasteiger partial charge in [0.25, 0.3) is 0 Å². The van der Waals surface area contributed by atoms with Crippen LogP contribution in [0.5, 0.6) is 0 Å². The van der Waals surface area contributed by atoms with Crippen LogP contribution in [0.1, 0.15) is 18.4 Å². The molecule has 0 spiro atoms. The Labute approximate surface area is 137 Å². The van der Waals surface area contributed by atoms with Crippen LogP contribution in [0.3, 0.4) is 0 Å². The van der Waals surface area contributed by atoms with Crippen LogP contribution in [0.2, 0.25) is 0 Å². The molecule has 1 aromatic carbocycles. The van der Waals surface area contributed by atoms with E-state index < -0.39 is 25.8 Å². The van der Waals surface area contributed by atoms with E-state index in [-0.39, 0.29) is 5.56 Å². The molecule has 0 bridgehead atoms. The Hall–Kier alpha value is -1.66. The highest BCUT2D eigenvalue weighted by molar-refractivity contribution is 7.67. The molecular weight excluding hydrogens is 354 g/mol. The number of anilines is 1. The molecule has 3 aliphatic rings. The molecular formula is C14H14N2O6P2. The molecule has 1 aliphatic carbocycles. The largest absolute Gasteiger partial charge is 0.357 e. The monoisotopic (exact) mass is 368 g/mol. The van der Waals surface area contributed by atoms with Crippen LogP contribution >= 0.6 is 15.2 Å². The Balaban J connectivity index is 2.09. The van der Waals surface area contributed by atoms with E-state index in [1.54, 1.807) is 17.3 Å². The molecule has 4 N–H and O–H groups in total. The topological polar surface area (TPSA) is 122 Å². The van der Waals surface area contributed by atoms with Crippen molar-refractivity contribution in [1.29, 1.82) is 0 Å². The van der Waals surface area contributed by atoms with E-state index in [2.05, 4.69) is 0 Å². The maximum atomic E-state index is 12.1. The average Bonchev–Trinajstić information content (AvgIpc) is 2.43. The lowest BCUT2D eigenvalue weighted by molar-refractivity contribution is 0.380. The summed E-state index contributed by atoms with van der Waals surface area (Å²) >= 11 is 0. The van der Waals surface area contributed by atoms with Crippen LogP contribution in [0, 0.1) is 0 Å². The molecule has 0 unspecified atom stereocenters. The summed E-state index contributed by atoms with van der Waals surface area (Å²) in [6.45, 7) is 0. The number of allylic oxidation sites excluding steroid dienone is 4. The molecule has 0 fully saturated rings. The van der Waals surface area contributed by atoms with E-state index in [1.807, 2.05) is 17.3 Å². The second-order valence-electron chi connectivity index (χ2n) is 5.71. The number of rotatable bonds is 2. The van der Waals surface area contributed by atoms with Gasteiger partial charge in [-0.25, -0.2) is 0 Å². The van der Waals surface area contributed by atoms with Gasteiger partial charge in [0.15, 0.2) is 0 Å². The second-order valence-corrected chi connectivity index (χ2v) is 8.82. The summed E-state index contributed by atoms with van der Waals surface area (Å²) in [7, 11) is -9.74. The van der Waals surface area contributed by atoms with Crippen molar-refractivity contribution in [3.8, 4) is 0 Å². The van der Waals surface area contributed by atoms with Gasteiger partial charge in [-0.05, 0) is 42.7 Å². The van der Waals surface area contributed by atoms with Crippen LogP contribution in [-0.2, 0) is 9.13 Å². The van der Waals surface area contributed by atoms with Gasteiger partial charge in [-0.1, -0.05) is 0 Å². The van der Waals surface area contributed by atoms with Crippen molar-refractivity contribution < 1.29 is 28.7 Å². The molecule has 0 saturated heterocycles. The maximum absolute atomic E-state index is 12.1. The summed E-state index contributed by atoms with van der Waals surface area (Å²) in [6.07, 6.45) is 8.52. The highest BCUT2D eigenvalue weighted by Crippen LogP contribution is 2.52. The Morgan fingerprint density at radius 1 is 0.875 bits per heavy atom. The lowest BCUT2D eigenvalue weighted by atomic mass is 9.85. The zero-order chi connectivity index (χ0) is 17.3. The van der Waals surface area contributed by atoms with E-state index in [0.717, 1.165) is 23.8 Å². The van der Waals surface area contributed by atoms with E-state index >= 15 is 0 Å². The summed E-state index contributed by atoms with van der Waals surface area (Å²) < 4.78 is 23.8. The molecule has 24 heavy (non-hydrogen) atoms. The summed E-state index contributed by atoms with van der Waals surface area (Å²) in [5.74, 6) is 0. The predicted molar refractivity (Wildman–Crippen MR) is 88.6 cm³/mol. The molecule has 8 nitrogen and oxygen atoms in total. The number of benzene rings is 1. The van der Waals surface area contributed by atoms with Crippen LogP contribution in [0.4, 0.5) is 5.69 Å². The van der Waals surface area contributed by atoms with E-state index in [0.29, 0.717) is 12.1 Å². The van der Waals surface area contributed by atoms with Crippen LogP contribution in [0.15, 0.2) is 42.4 Å². The van der Waals surface area contributed by atoms with Crippen molar-refractivity contribution in [2.24, 2.45) is 0 Å². The summed E-state index contributed by atoms with van der Waals surface area (Å²) in [4.78, 5) is 38.7. The Bertz CT molecular complexity index is 939. The fourth-order valence-electron chi connectivity index (χ4n) is 3.29. The van der Waals surface area contributed by atoms with Crippen LogP contribution in [-0.4, -0.2) is 24.6 Å². The van der Waals surface area contributed by atoms with Crippen molar-refractivity contribution in [3.05, 3.63) is 47.9 Å². The molecule has 2 heterocycles. The minimum atomic E-state index is -4.90. The van der Waals surface area contributed by atoms with Gasteiger partial charge in [0.05, 0.1) is 16.3 Å². The van der Waals surface area contributed by atoms with E-state index in [4.69, 9.17) is 0 Å². The number of nitrogens with zero attached hydrogens (tertiary/aromatic N) is 2. The number of hydrazine groups is 1. The van der Waals surface area contributed by atoms with Gasteiger partial charge in [-0.15, -0.1) is 0 Å². The predicted octanol–water partition coefficient (Wildman–Crippen LogP) is 0.875. The van der Waals surface area contributed by atoms with Crippen molar-refractivity contribution >= 4 is 37.1 Å². The third-order valence-corrected chi connectivity index (χ3v) is 6.55. The second kappa shape index (κ2) is 4.92. The SMILES string of the molecule is O=P(O)(O)c1ccc2c(c1P(=O)(O)O)C1=C(CC1)N1C=CC=CN21. The molecule has 1 aromatic rings. The van der Waals surface area contributed by atoms with Crippen molar-refractivity contribution in [2.75, 3.05) is 5.01 Å². The normalized spacial score (nSPS) is 19.0. The number of hydrogen-bond donors (Lipinski definition) is 4. The minimum Gasteiger partial charge on any atom is -0.321 e. The molecule has 10 heteroatoms. The van der Waals surface area contributed by atoms with E-state index in [1.165, 1.54) is 6.07 Å². The quantitative estimate of drug-likeness (QED) is 0.568. The highest BCUT2D eigenvalue weighted by atomic mass is 31.2. The van der Waals surface area contributed by atoms with Crippen molar-refractivity contribution in [1.82, 2.24) is 5.01 Å². The Morgan fingerprint density at radius 3 is 2.08 bits per heavy atom. The first-order chi connectivity index (χ1) is 11.2. The third-order valence-electron chi connectivity index (χ3n) is 4.32. The van der Waals surface area contributed by atoms with Gasteiger partial charge in [0.1, 0.15) is 0 Å². The number of hydrogen-bond acceptors (Lipinski definition) is 4. The standard InChI is InChI=1S/C14H14N2O6P2/c17-23(18,19)12-6-5-11-13(14(12)24(20,21)22)9-3-4-10(9)15-7-1-2-8-16(11)15/h1-2,5-8H,3-4H2,(H2,17,18,19)(H2,20,21,22). The van der Waals surface area contributed by atoms with Gasteiger partial charge >= 0.3 is 15.2 Å². The maximum Gasteiger partial charge on any atom is 0.357 e. The first kappa shape index (κ1) is 15.8. The van der Waals surface area contributed by atoms with Crippen LogP contribution in [0.25, 0.3) is 5.57 Å². The van der Waals surface area contributed by atoms with Gasteiger partial charge in [-0.2, -0.15) is 0 Å². The first-order valence-corrected chi connectivity index (χ1v) is 10.4. The third kappa shape index (κ3) is 2.16. The first-order valence-electron chi connectivity index (χ1n) is 7.14. The van der Waals surface area contributed by atoms with Crippen molar-refractivity contribution in [3.63, 3.8) is 0 Å². The summed E-state index contributed by atoms with van der Waals surface area (Å²) in [5, 5.41) is 2.42. The Kier molecular flexibility index (Phi) is 3.25.